The average molecular weight is 337 g/mol. The number of hydrogen-bond acceptors (Lipinski definition) is 5. The normalized spacial score (nSPS) is 12.1. The van der Waals surface area contributed by atoms with Crippen molar-refractivity contribution in [1.82, 2.24) is 5.32 Å². The fourth-order valence-corrected chi connectivity index (χ4v) is 1.86. The summed E-state index contributed by atoms with van der Waals surface area (Å²) in [5, 5.41) is 11.3. The third-order valence-corrected chi connectivity index (χ3v) is 2.80. The van der Waals surface area contributed by atoms with Crippen molar-refractivity contribution in [2.24, 2.45) is 0 Å². The van der Waals surface area contributed by atoms with E-state index in [1.54, 1.807) is 32.9 Å². The van der Waals surface area contributed by atoms with Crippen LogP contribution in [0.25, 0.3) is 0 Å². The van der Waals surface area contributed by atoms with Gasteiger partial charge in [-0.05, 0) is 26.3 Å². The molecule has 0 bridgehead atoms. The van der Waals surface area contributed by atoms with Gasteiger partial charge in [0.15, 0.2) is 0 Å². The van der Waals surface area contributed by atoms with Gasteiger partial charge in [-0.25, -0.2) is 4.79 Å². The van der Waals surface area contributed by atoms with Crippen LogP contribution >= 0.6 is 0 Å². The molecule has 1 unspecified atom stereocenters. The van der Waals surface area contributed by atoms with E-state index < -0.39 is 36.1 Å². The number of benzene rings is 1. The molecular weight excluding hydrogens is 314 g/mol. The lowest BCUT2D eigenvalue weighted by molar-refractivity contribution is -0.146. The smallest absolute Gasteiger partial charge is 0.407 e. The number of ether oxygens (including phenoxy) is 2. The molecule has 24 heavy (non-hydrogen) atoms. The first kappa shape index (κ1) is 19.5. The number of hydrogen-bond donors (Lipinski definition) is 2. The van der Waals surface area contributed by atoms with Crippen LogP contribution in [0.4, 0.5) is 4.79 Å². The van der Waals surface area contributed by atoms with Crippen molar-refractivity contribution >= 4 is 18.0 Å². The highest BCUT2D eigenvalue weighted by Crippen LogP contribution is 2.09. The van der Waals surface area contributed by atoms with E-state index in [0.717, 1.165) is 5.56 Å². The molecule has 2 N–H and O–H groups in total. The molecule has 7 nitrogen and oxygen atoms in total. The molecule has 0 aliphatic carbocycles. The van der Waals surface area contributed by atoms with Crippen LogP contribution in [0.2, 0.25) is 0 Å². The number of carboxylic acids is 1. The molecule has 1 aromatic rings. The largest absolute Gasteiger partial charge is 0.481 e. The van der Waals surface area contributed by atoms with Gasteiger partial charge < -0.3 is 19.9 Å². The van der Waals surface area contributed by atoms with E-state index in [2.05, 4.69) is 5.32 Å². The van der Waals surface area contributed by atoms with Crippen molar-refractivity contribution < 1.29 is 29.0 Å². The molecule has 0 radical (unpaired) electrons. The Morgan fingerprint density at radius 2 is 1.75 bits per heavy atom. The van der Waals surface area contributed by atoms with Gasteiger partial charge in [0.1, 0.15) is 12.2 Å². The number of carbonyl (C=O) groups excluding carboxylic acids is 2. The summed E-state index contributed by atoms with van der Waals surface area (Å²) in [4.78, 5) is 34.5. The quantitative estimate of drug-likeness (QED) is 0.741. The third-order valence-electron chi connectivity index (χ3n) is 2.80. The van der Waals surface area contributed by atoms with Crippen LogP contribution in [-0.4, -0.2) is 34.8 Å². The lowest BCUT2D eigenvalue weighted by atomic mass is 10.1. The summed E-state index contributed by atoms with van der Waals surface area (Å²) < 4.78 is 10.2. The van der Waals surface area contributed by atoms with Crippen molar-refractivity contribution in [2.45, 2.75) is 51.9 Å². The predicted molar refractivity (Wildman–Crippen MR) is 86.3 cm³/mol. The first-order valence-corrected chi connectivity index (χ1v) is 7.56. The van der Waals surface area contributed by atoms with Gasteiger partial charge in [0.2, 0.25) is 0 Å². The van der Waals surface area contributed by atoms with E-state index in [1.165, 1.54) is 0 Å². The van der Waals surface area contributed by atoms with E-state index in [9.17, 15) is 14.4 Å². The summed E-state index contributed by atoms with van der Waals surface area (Å²) in [6.45, 7) is 5.15. The van der Waals surface area contributed by atoms with Gasteiger partial charge in [-0.1, -0.05) is 30.3 Å². The minimum absolute atomic E-state index is 0.0892. The maximum Gasteiger partial charge on any atom is 0.407 e. The zero-order valence-corrected chi connectivity index (χ0v) is 14.1. The molecule has 132 valence electrons. The highest BCUT2D eigenvalue weighted by molar-refractivity contribution is 5.76. The molecule has 0 aromatic heterocycles. The second-order valence-electron chi connectivity index (χ2n) is 6.29. The Kier molecular flexibility index (Phi) is 7.23. The maximum atomic E-state index is 11.9. The standard InChI is InChI=1S/C17H23NO6/c1-17(2,3)24-16(22)18-13(9-14(19)20)10-15(21)23-11-12-7-5-4-6-8-12/h4-8,13H,9-11H2,1-3H3,(H,18,22)(H,19,20). The second kappa shape index (κ2) is 8.90. The number of aliphatic carboxylic acids is 1. The first-order chi connectivity index (χ1) is 11.2. The Hall–Kier alpha value is -2.57. The molecule has 0 aliphatic heterocycles. The molecule has 1 aromatic carbocycles. The fraction of sp³-hybridized carbons (Fsp3) is 0.471. The molecule has 1 atom stereocenters. The lowest BCUT2D eigenvalue weighted by Gasteiger charge is -2.22. The zero-order valence-electron chi connectivity index (χ0n) is 14.1. The summed E-state index contributed by atoms with van der Waals surface area (Å²) >= 11 is 0. The monoisotopic (exact) mass is 337 g/mol. The van der Waals surface area contributed by atoms with Crippen molar-refractivity contribution in [3.63, 3.8) is 0 Å². The van der Waals surface area contributed by atoms with Gasteiger partial charge in [-0.15, -0.1) is 0 Å². The summed E-state index contributed by atoms with van der Waals surface area (Å²) in [7, 11) is 0. The summed E-state index contributed by atoms with van der Waals surface area (Å²) in [6.07, 6.45) is -1.43. The number of nitrogens with one attached hydrogen (secondary N) is 1. The van der Waals surface area contributed by atoms with Crippen LogP contribution in [-0.2, 0) is 25.7 Å². The molecule has 7 heteroatoms. The molecule has 0 spiro atoms. The molecule has 0 saturated carbocycles. The van der Waals surface area contributed by atoms with Crippen LogP contribution < -0.4 is 5.32 Å². The van der Waals surface area contributed by atoms with Crippen molar-refractivity contribution in [1.29, 1.82) is 0 Å². The van der Waals surface area contributed by atoms with E-state index in [4.69, 9.17) is 14.6 Å². The minimum Gasteiger partial charge on any atom is -0.481 e. The molecular formula is C17H23NO6. The van der Waals surface area contributed by atoms with Crippen molar-refractivity contribution in [2.75, 3.05) is 0 Å². The highest BCUT2D eigenvalue weighted by Gasteiger charge is 2.23. The van der Waals surface area contributed by atoms with Crippen LogP contribution in [0, 0.1) is 0 Å². The zero-order chi connectivity index (χ0) is 18.2. The summed E-state index contributed by atoms with van der Waals surface area (Å²) in [5.41, 5.74) is 0.104. The maximum absolute atomic E-state index is 11.9. The molecule has 0 heterocycles. The van der Waals surface area contributed by atoms with Gasteiger partial charge in [0.05, 0.1) is 18.9 Å². The van der Waals surface area contributed by atoms with Gasteiger partial charge in [-0.3, -0.25) is 9.59 Å². The minimum atomic E-state index is -1.13. The van der Waals surface area contributed by atoms with Crippen LogP contribution in [0.5, 0.6) is 0 Å². The molecule has 1 amide bonds. The third kappa shape index (κ3) is 8.77. The Balaban J connectivity index is 2.53. The molecule has 1 rings (SSSR count). The molecule has 0 saturated heterocycles. The summed E-state index contributed by atoms with van der Waals surface area (Å²) in [5.74, 6) is -1.73. The average Bonchev–Trinajstić information content (AvgIpc) is 2.43. The Bertz CT molecular complexity index is 564. The van der Waals surface area contributed by atoms with E-state index in [1.807, 2.05) is 18.2 Å². The molecule has 0 fully saturated rings. The number of alkyl carbamates (subject to hydrolysis) is 1. The topological polar surface area (TPSA) is 102 Å². The molecule has 0 aliphatic rings. The number of amides is 1. The second-order valence-corrected chi connectivity index (χ2v) is 6.29. The highest BCUT2D eigenvalue weighted by atomic mass is 16.6. The number of rotatable bonds is 7. The van der Waals surface area contributed by atoms with Crippen LogP contribution in [0.3, 0.4) is 0 Å². The van der Waals surface area contributed by atoms with Crippen LogP contribution in [0.15, 0.2) is 30.3 Å². The first-order valence-electron chi connectivity index (χ1n) is 7.56. The lowest BCUT2D eigenvalue weighted by Crippen LogP contribution is -2.41. The van der Waals surface area contributed by atoms with Gasteiger partial charge in [0.25, 0.3) is 0 Å². The van der Waals surface area contributed by atoms with Gasteiger partial charge in [-0.2, -0.15) is 0 Å². The number of carbonyl (C=O) groups is 3. The number of carboxylic acid groups (broad SMARTS) is 1. The van der Waals surface area contributed by atoms with Gasteiger partial charge in [0, 0.05) is 0 Å². The Labute approximate surface area is 141 Å². The number of esters is 1. The van der Waals surface area contributed by atoms with Crippen molar-refractivity contribution in [3.8, 4) is 0 Å². The van der Waals surface area contributed by atoms with E-state index in [-0.39, 0.29) is 13.0 Å². The summed E-state index contributed by atoms with van der Waals surface area (Å²) in [6, 6.07) is 8.20. The fourth-order valence-electron chi connectivity index (χ4n) is 1.86. The van der Waals surface area contributed by atoms with E-state index >= 15 is 0 Å². The van der Waals surface area contributed by atoms with Gasteiger partial charge >= 0.3 is 18.0 Å². The SMILES string of the molecule is CC(C)(C)OC(=O)NC(CC(=O)O)CC(=O)OCc1ccccc1. The van der Waals surface area contributed by atoms with Crippen molar-refractivity contribution in [3.05, 3.63) is 35.9 Å². The van der Waals surface area contributed by atoms with Crippen LogP contribution in [0.1, 0.15) is 39.2 Å². The predicted octanol–water partition coefficient (Wildman–Crippen LogP) is 2.49. The van der Waals surface area contributed by atoms with E-state index in [0.29, 0.717) is 0 Å². The Morgan fingerprint density at radius 3 is 2.29 bits per heavy atom. The Morgan fingerprint density at radius 1 is 1.12 bits per heavy atom.